The average molecular weight is 468 g/mol. The summed E-state index contributed by atoms with van der Waals surface area (Å²) in [4.78, 5) is 2.65. The van der Waals surface area contributed by atoms with Gasteiger partial charge in [-0.25, -0.2) is 0 Å². The number of hydrogen-bond acceptors (Lipinski definition) is 2. The fraction of sp³-hybridized carbons (Fsp3) is 0.739. The molecule has 0 aliphatic heterocycles. The van der Waals surface area contributed by atoms with Crippen LogP contribution < -0.4 is 4.74 Å². The van der Waals surface area contributed by atoms with E-state index in [9.17, 15) is 0 Å². The molecule has 26 heavy (non-hydrogen) atoms. The van der Waals surface area contributed by atoms with Crippen molar-refractivity contribution in [2.75, 3.05) is 18.7 Å². The van der Waals surface area contributed by atoms with Crippen LogP contribution >= 0.6 is 0 Å². The summed E-state index contributed by atoms with van der Waals surface area (Å²) in [7, 11) is 4.12. The molecule has 3 heteroatoms. The Labute approximate surface area is 167 Å². The van der Waals surface area contributed by atoms with Crippen LogP contribution in [0, 0.1) is 6.92 Å². The quantitative estimate of drug-likeness (QED) is 0.278. The summed E-state index contributed by atoms with van der Waals surface area (Å²) in [5.74, 6) is 0.983. The summed E-state index contributed by atoms with van der Waals surface area (Å²) in [6, 6.07) is 6.50. The van der Waals surface area contributed by atoms with E-state index in [1.54, 1.807) is 20.4 Å². The topological polar surface area (TPSA) is 12.5 Å². The number of hydrogen-bond donors (Lipinski definition) is 0. The van der Waals surface area contributed by atoms with Crippen LogP contribution in [0.2, 0.25) is 13.3 Å². The van der Waals surface area contributed by atoms with Gasteiger partial charge in [-0.15, -0.1) is 0 Å². The first-order chi connectivity index (χ1) is 12.5. The second kappa shape index (κ2) is 13.0. The van der Waals surface area contributed by atoms with Gasteiger partial charge in [0.25, 0.3) is 0 Å². The van der Waals surface area contributed by atoms with Crippen molar-refractivity contribution in [3.05, 3.63) is 29.3 Å². The summed E-state index contributed by atoms with van der Waals surface area (Å²) in [5.41, 5.74) is 2.81. The average Bonchev–Trinajstić information content (AvgIpc) is 2.64. The van der Waals surface area contributed by atoms with Crippen LogP contribution in [0.25, 0.3) is 0 Å². The molecule has 0 atom stereocenters. The first-order valence-electron chi connectivity index (χ1n) is 10.8. The van der Waals surface area contributed by atoms with Gasteiger partial charge in [0.05, 0.1) is 0 Å². The summed E-state index contributed by atoms with van der Waals surface area (Å²) >= 11 is -2.10. The predicted molar refractivity (Wildman–Crippen MR) is 119 cm³/mol. The number of unbranched alkanes of at least 4 members (excludes halogenated alkanes) is 3. The van der Waals surface area contributed by atoms with Gasteiger partial charge in [-0.1, -0.05) is 0 Å². The molecular weight excluding hydrogens is 425 g/mol. The van der Waals surface area contributed by atoms with Crippen molar-refractivity contribution in [2.24, 2.45) is 0 Å². The molecular formula is C23H43NOSn. The number of methoxy groups -OCH3 is 1. The molecule has 0 saturated heterocycles. The molecule has 150 valence electrons. The first kappa shape index (κ1) is 23.8. The third kappa shape index (κ3) is 8.20. The number of benzene rings is 1. The Hall–Kier alpha value is -0.221. The van der Waals surface area contributed by atoms with E-state index in [2.05, 4.69) is 57.8 Å². The zero-order valence-corrected chi connectivity index (χ0v) is 21.2. The van der Waals surface area contributed by atoms with Crippen LogP contribution in [-0.4, -0.2) is 42.0 Å². The van der Waals surface area contributed by atoms with E-state index in [4.69, 9.17) is 4.74 Å². The Morgan fingerprint density at radius 2 is 1.46 bits per heavy atom. The molecule has 1 rings (SSSR count). The van der Waals surface area contributed by atoms with Crippen LogP contribution in [0.15, 0.2) is 18.2 Å². The monoisotopic (exact) mass is 469 g/mol. The molecule has 0 amide bonds. The number of aryl methyl sites for hydroxylation is 1. The van der Waals surface area contributed by atoms with Crippen LogP contribution in [0.5, 0.6) is 5.75 Å². The molecule has 0 saturated carbocycles. The van der Waals surface area contributed by atoms with Crippen LogP contribution in [0.1, 0.15) is 70.4 Å². The fourth-order valence-corrected chi connectivity index (χ4v) is 20.7. The third-order valence-electron chi connectivity index (χ3n) is 5.78. The van der Waals surface area contributed by atoms with Crippen molar-refractivity contribution in [3.63, 3.8) is 0 Å². The molecule has 0 aliphatic rings. The van der Waals surface area contributed by atoms with Crippen molar-refractivity contribution < 1.29 is 4.74 Å². The minimum atomic E-state index is -2.10. The van der Waals surface area contributed by atoms with Gasteiger partial charge < -0.3 is 0 Å². The third-order valence-corrected chi connectivity index (χ3v) is 21.3. The standard InChI is InChI=1S/C11H16NO.3C4H9.Sn/c1-9-5-6-11(13-4)7-10(9)8-12(2)3;3*1-3-4-2;/h5-7H,2,8H2,1,3-4H3;3*1,3-4H2,2H3;. The van der Waals surface area contributed by atoms with Gasteiger partial charge in [-0.05, 0) is 0 Å². The molecule has 0 radical (unpaired) electrons. The van der Waals surface area contributed by atoms with Gasteiger partial charge in [0.15, 0.2) is 0 Å². The van der Waals surface area contributed by atoms with Crippen molar-refractivity contribution in [1.29, 1.82) is 0 Å². The van der Waals surface area contributed by atoms with Crippen LogP contribution in [0.3, 0.4) is 0 Å². The molecule has 1 aromatic rings. The van der Waals surface area contributed by atoms with E-state index in [1.165, 1.54) is 54.2 Å². The number of ether oxygens (including phenoxy) is 1. The molecule has 0 heterocycles. The van der Waals surface area contributed by atoms with Crippen molar-refractivity contribution >= 4 is 18.4 Å². The molecule has 0 bridgehead atoms. The van der Waals surface area contributed by atoms with E-state index in [-0.39, 0.29) is 0 Å². The Morgan fingerprint density at radius 1 is 0.923 bits per heavy atom. The summed E-state index contributed by atoms with van der Waals surface area (Å²) in [6.07, 6.45) is 8.43. The summed E-state index contributed by atoms with van der Waals surface area (Å²) in [6.45, 7) is 10.4. The maximum atomic E-state index is 5.45. The Morgan fingerprint density at radius 3 is 1.92 bits per heavy atom. The summed E-state index contributed by atoms with van der Waals surface area (Å²) < 4.78 is 11.6. The zero-order valence-electron chi connectivity index (χ0n) is 18.4. The number of rotatable bonds is 14. The second-order valence-corrected chi connectivity index (χ2v) is 22.0. The minimum absolute atomic E-state index is 0.983. The van der Waals surface area contributed by atoms with Crippen LogP contribution in [0.4, 0.5) is 0 Å². The van der Waals surface area contributed by atoms with Crippen LogP contribution in [-0.2, 0) is 6.54 Å². The molecule has 0 spiro atoms. The zero-order chi connectivity index (χ0) is 19.4. The van der Waals surface area contributed by atoms with E-state index < -0.39 is 18.4 Å². The van der Waals surface area contributed by atoms with Gasteiger partial charge in [0, 0.05) is 0 Å². The first-order valence-corrected chi connectivity index (χ1v) is 18.9. The Kier molecular flexibility index (Phi) is 11.9. The molecule has 1 aromatic carbocycles. The Bertz CT molecular complexity index is 481. The predicted octanol–water partition coefficient (Wildman–Crippen LogP) is 6.82. The maximum absolute atomic E-state index is 5.45. The molecule has 0 fully saturated rings. The fourth-order valence-electron chi connectivity index (χ4n) is 4.13. The normalized spacial score (nSPS) is 12.0. The van der Waals surface area contributed by atoms with Gasteiger partial charge in [0.1, 0.15) is 0 Å². The number of nitrogens with zero attached hydrogens (tertiary/aromatic N) is 1. The van der Waals surface area contributed by atoms with Crippen molar-refractivity contribution in [1.82, 2.24) is 4.90 Å². The summed E-state index contributed by atoms with van der Waals surface area (Å²) in [5, 5.41) is 0. The molecule has 0 N–H and O–H groups in total. The molecule has 0 unspecified atom stereocenters. The van der Waals surface area contributed by atoms with Gasteiger partial charge >= 0.3 is 168 Å². The molecule has 0 aromatic heterocycles. The SMILES string of the molecule is CCC[CH2][Sn]([CH2]CCC)([CH2]CCC)[CH2]N(C)Cc1cc(OC)ccc1C. The van der Waals surface area contributed by atoms with Gasteiger partial charge in [0.2, 0.25) is 0 Å². The van der Waals surface area contributed by atoms with Gasteiger partial charge in [-0.2, -0.15) is 0 Å². The van der Waals surface area contributed by atoms with Gasteiger partial charge in [-0.3, -0.25) is 0 Å². The molecule has 2 nitrogen and oxygen atoms in total. The second-order valence-electron chi connectivity index (χ2n) is 8.28. The van der Waals surface area contributed by atoms with E-state index in [0.29, 0.717) is 0 Å². The van der Waals surface area contributed by atoms with E-state index in [1.807, 2.05) is 0 Å². The van der Waals surface area contributed by atoms with E-state index in [0.717, 1.165) is 12.3 Å². The Balaban J connectivity index is 2.89. The van der Waals surface area contributed by atoms with E-state index >= 15 is 0 Å². The van der Waals surface area contributed by atoms with Crippen molar-refractivity contribution in [2.45, 2.75) is 86.1 Å². The molecule has 0 aliphatic carbocycles. The van der Waals surface area contributed by atoms with Crippen molar-refractivity contribution in [3.8, 4) is 5.75 Å².